The van der Waals surface area contributed by atoms with Gasteiger partial charge in [-0.1, -0.05) is 36.4 Å². The summed E-state index contributed by atoms with van der Waals surface area (Å²) in [5.41, 5.74) is 3.99. The average Bonchev–Trinajstić information content (AvgIpc) is 3.04. The fourth-order valence-corrected chi connectivity index (χ4v) is 3.76. The van der Waals surface area contributed by atoms with Crippen LogP contribution in [0.15, 0.2) is 54.7 Å². The maximum Gasteiger partial charge on any atom is 0.0650 e. The summed E-state index contributed by atoms with van der Waals surface area (Å²) in [4.78, 5) is 2.61. The third-order valence-electron chi connectivity index (χ3n) is 4.88. The fraction of sp³-hybridized carbons (Fsp3) is 0.350. The van der Waals surface area contributed by atoms with E-state index in [-0.39, 0.29) is 0 Å². The fourth-order valence-electron chi connectivity index (χ4n) is 3.76. The van der Waals surface area contributed by atoms with E-state index in [1.54, 1.807) is 0 Å². The standard InChI is InChI=1S/C20H23N3/c1-2-5-16(6-3-1)14-23-10-4-7-18(15-23)11-17-8-9-20-19(12-17)13-21-22-20/h1-3,5-6,8-9,12-13,18H,4,7,10-11,14-15H2,(H,21,22)/t18-/m0/s1. The molecule has 1 atom stereocenters. The van der Waals surface area contributed by atoms with Crippen LogP contribution in [0.3, 0.4) is 0 Å². The molecule has 0 spiro atoms. The first-order chi connectivity index (χ1) is 11.4. The van der Waals surface area contributed by atoms with Crippen molar-refractivity contribution in [3.63, 3.8) is 0 Å². The SMILES string of the molecule is c1ccc(CN2CCC[C@@H](Cc3ccc4[nH]ncc4c3)C2)cc1. The molecule has 3 heteroatoms. The Kier molecular flexibility index (Phi) is 4.12. The van der Waals surface area contributed by atoms with E-state index >= 15 is 0 Å². The van der Waals surface area contributed by atoms with Crippen LogP contribution in [0.5, 0.6) is 0 Å². The van der Waals surface area contributed by atoms with Crippen molar-refractivity contribution in [3.8, 4) is 0 Å². The molecule has 0 unspecified atom stereocenters. The third kappa shape index (κ3) is 3.45. The zero-order valence-corrected chi connectivity index (χ0v) is 13.4. The normalized spacial score (nSPS) is 19.2. The van der Waals surface area contributed by atoms with Crippen LogP contribution in [0.4, 0.5) is 0 Å². The molecule has 2 heterocycles. The highest BCUT2D eigenvalue weighted by Gasteiger charge is 2.20. The van der Waals surface area contributed by atoms with Gasteiger partial charge < -0.3 is 0 Å². The number of aromatic amines is 1. The van der Waals surface area contributed by atoms with Gasteiger partial charge in [-0.25, -0.2) is 0 Å². The first-order valence-electron chi connectivity index (χ1n) is 8.55. The summed E-state index contributed by atoms with van der Waals surface area (Å²) in [5.74, 6) is 0.761. The summed E-state index contributed by atoms with van der Waals surface area (Å²) < 4.78 is 0. The Morgan fingerprint density at radius 2 is 2.00 bits per heavy atom. The molecule has 0 radical (unpaired) electrons. The number of aromatic nitrogens is 2. The van der Waals surface area contributed by atoms with Gasteiger partial charge in [-0.2, -0.15) is 5.10 Å². The van der Waals surface area contributed by atoms with Crippen molar-refractivity contribution in [1.29, 1.82) is 0 Å². The molecule has 23 heavy (non-hydrogen) atoms. The Hall–Kier alpha value is -2.13. The average molecular weight is 305 g/mol. The zero-order chi connectivity index (χ0) is 15.5. The largest absolute Gasteiger partial charge is 0.299 e. The van der Waals surface area contributed by atoms with Crippen LogP contribution in [0, 0.1) is 5.92 Å². The molecule has 118 valence electrons. The Labute approximate surface area is 137 Å². The van der Waals surface area contributed by atoms with Crippen molar-refractivity contribution >= 4 is 10.9 Å². The Bertz CT molecular complexity index is 763. The molecular weight excluding hydrogens is 282 g/mol. The van der Waals surface area contributed by atoms with Gasteiger partial charge >= 0.3 is 0 Å². The van der Waals surface area contributed by atoms with Gasteiger partial charge in [0.1, 0.15) is 0 Å². The molecule has 1 N–H and O–H groups in total. The molecule has 0 aliphatic carbocycles. The highest BCUT2D eigenvalue weighted by atomic mass is 15.1. The van der Waals surface area contributed by atoms with E-state index in [4.69, 9.17) is 0 Å². The second-order valence-electron chi connectivity index (χ2n) is 6.72. The van der Waals surface area contributed by atoms with Gasteiger partial charge in [-0.15, -0.1) is 0 Å². The number of H-pyrrole nitrogens is 1. The molecule has 0 saturated carbocycles. The molecule has 1 aliphatic heterocycles. The van der Waals surface area contributed by atoms with E-state index in [0.29, 0.717) is 0 Å². The Morgan fingerprint density at radius 1 is 1.09 bits per heavy atom. The summed E-state index contributed by atoms with van der Waals surface area (Å²) in [7, 11) is 0. The first kappa shape index (κ1) is 14.5. The van der Waals surface area contributed by atoms with Gasteiger partial charge in [0.05, 0.1) is 11.7 Å². The lowest BCUT2D eigenvalue weighted by Gasteiger charge is -2.33. The van der Waals surface area contributed by atoms with E-state index in [2.05, 4.69) is 63.6 Å². The topological polar surface area (TPSA) is 31.9 Å². The molecule has 2 aromatic carbocycles. The van der Waals surface area contributed by atoms with Crippen molar-refractivity contribution in [2.24, 2.45) is 5.92 Å². The van der Waals surface area contributed by atoms with Gasteiger partial charge in [0, 0.05) is 18.5 Å². The minimum absolute atomic E-state index is 0.761. The van der Waals surface area contributed by atoms with Gasteiger partial charge in [-0.05, 0) is 55.0 Å². The van der Waals surface area contributed by atoms with Gasteiger partial charge in [0.25, 0.3) is 0 Å². The van der Waals surface area contributed by atoms with Gasteiger partial charge in [-0.3, -0.25) is 10.00 Å². The summed E-state index contributed by atoms with van der Waals surface area (Å²) in [6.07, 6.45) is 5.74. The number of piperidine rings is 1. The number of benzene rings is 2. The van der Waals surface area contributed by atoms with Crippen molar-refractivity contribution in [2.45, 2.75) is 25.8 Å². The van der Waals surface area contributed by atoms with Crippen molar-refractivity contribution < 1.29 is 0 Å². The molecule has 4 rings (SSSR count). The van der Waals surface area contributed by atoms with Crippen LogP contribution in [0.2, 0.25) is 0 Å². The maximum atomic E-state index is 4.11. The predicted molar refractivity (Wildman–Crippen MR) is 94.2 cm³/mol. The second kappa shape index (κ2) is 6.55. The second-order valence-corrected chi connectivity index (χ2v) is 6.72. The summed E-state index contributed by atoms with van der Waals surface area (Å²) >= 11 is 0. The zero-order valence-electron chi connectivity index (χ0n) is 13.4. The Balaban J connectivity index is 1.40. The summed E-state index contributed by atoms with van der Waals surface area (Å²) in [6, 6.07) is 17.5. The number of likely N-dealkylation sites (tertiary alicyclic amines) is 1. The Morgan fingerprint density at radius 3 is 2.91 bits per heavy atom. The highest BCUT2D eigenvalue weighted by Crippen LogP contribution is 2.23. The van der Waals surface area contributed by atoms with Crippen LogP contribution < -0.4 is 0 Å². The minimum Gasteiger partial charge on any atom is -0.299 e. The minimum atomic E-state index is 0.761. The van der Waals surface area contributed by atoms with E-state index in [1.807, 2.05) is 6.20 Å². The quantitative estimate of drug-likeness (QED) is 0.789. The number of nitrogens with one attached hydrogen (secondary N) is 1. The van der Waals surface area contributed by atoms with E-state index in [1.165, 1.54) is 48.9 Å². The molecule has 1 aliphatic rings. The predicted octanol–water partition coefficient (Wildman–Crippen LogP) is 4.02. The highest BCUT2D eigenvalue weighted by molar-refractivity contribution is 5.78. The smallest absolute Gasteiger partial charge is 0.0650 e. The number of hydrogen-bond donors (Lipinski definition) is 1. The summed E-state index contributed by atoms with van der Waals surface area (Å²) in [5, 5.41) is 8.36. The van der Waals surface area contributed by atoms with Gasteiger partial charge in [0.15, 0.2) is 0 Å². The van der Waals surface area contributed by atoms with E-state index < -0.39 is 0 Å². The van der Waals surface area contributed by atoms with Crippen molar-refractivity contribution in [1.82, 2.24) is 15.1 Å². The van der Waals surface area contributed by atoms with Crippen LogP contribution >= 0.6 is 0 Å². The lowest BCUT2D eigenvalue weighted by molar-refractivity contribution is 0.167. The van der Waals surface area contributed by atoms with Crippen LogP contribution in [0.1, 0.15) is 24.0 Å². The maximum absolute atomic E-state index is 4.11. The molecule has 1 fully saturated rings. The lowest BCUT2D eigenvalue weighted by Crippen LogP contribution is -2.35. The third-order valence-corrected chi connectivity index (χ3v) is 4.88. The lowest BCUT2D eigenvalue weighted by atomic mass is 9.90. The van der Waals surface area contributed by atoms with Crippen molar-refractivity contribution in [2.75, 3.05) is 13.1 Å². The van der Waals surface area contributed by atoms with Crippen molar-refractivity contribution in [3.05, 3.63) is 65.9 Å². The molecule has 1 aromatic heterocycles. The van der Waals surface area contributed by atoms with Crippen LogP contribution in [0.25, 0.3) is 10.9 Å². The molecule has 0 bridgehead atoms. The van der Waals surface area contributed by atoms with E-state index in [9.17, 15) is 0 Å². The first-order valence-corrected chi connectivity index (χ1v) is 8.55. The van der Waals surface area contributed by atoms with Gasteiger partial charge in [0.2, 0.25) is 0 Å². The van der Waals surface area contributed by atoms with Crippen LogP contribution in [-0.2, 0) is 13.0 Å². The summed E-state index contributed by atoms with van der Waals surface area (Å²) in [6.45, 7) is 3.52. The molecule has 0 amide bonds. The monoisotopic (exact) mass is 305 g/mol. The molecule has 1 saturated heterocycles. The molecule has 3 aromatic rings. The molecule has 3 nitrogen and oxygen atoms in total. The van der Waals surface area contributed by atoms with Crippen LogP contribution in [-0.4, -0.2) is 28.2 Å². The number of rotatable bonds is 4. The number of nitrogens with zero attached hydrogens (tertiary/aromatic N) is 2. The number of fused-ring (bicyclic) bond motifs is 1. The van der Waals surface area contributed by atoms with E-state index in [0.717, 1.165) is 18.0 Å². The molecular formula is C20H23N3. The number of hydrogen-bond acceptors (Lipinski definition) is 2.